The second-order valence-corrected chi connectivity index (χ2v) is 7.96. The number of nitriles is 1. The molecule has 3 aromatic carbocycles. The van der Waals surface area contributed by atoms with Crippen molar-refractivity contribution in [3.63, 3.8) is 0 Å². The number of aromatic amines is 1. The molecule has 1 aliphatic rings. The van der Waals surface area contributed by atoms with Crippen LogP contribution in [0.4, 0.5) is 11.4 Å². The van der Waals surface area contributed by atoms with Gasteiger partial charge in [-0.1, -0.05) is 24.3 Å². The predicted octanol–water partition coefficient (Wildman–Crippen LogP) is 5.56. The van der Waals surface area contributed by atoms with Crippen molar-refractivity contribution in [1.82, 2.24) is 4.98 Å². The zero-order chi connectivity index (χ0) is 21.4. The summed E-state index contributed by atoms with van der Waals surface area (Å²) in [6, 6.07) is 23.9. The number of anilines is 2. The van der Waals surface area contributed by atoms with E-state index in [2.05, 4.69) is 29.4 Å². The first-order valence-electron chi connectivity index (χ1n) is 10.4. The number of para-hydroxylation sites is 2. The van der Waals surface area contributed by atoms with Crippen molar-refractivity contribution >= 4 is 28.2 Å². The van der Waals surface area contributed by atoms with Gasteiger partial charge in [-0.25, -0.2) is 0 Å². The number of hydrogen-bond donors (Lipinski definition) is 2. The Labute approximate surface area is 180 Å². The van der Waals surface area contributed by atoms with Gasteiger partial charge < -0.3 is 15.2 Å². The molecule has 4 aromatic rings. The summed E-state index contributed by atoms with van der Waals surface area (Å²) in [6.45, 7) is 2.74. The average Bonchev–Trinajstić information content (AvgIpc) is 3.20. The summed E-state index contributed by atoms with van der Waals surface area (Å²) in [5.41, 5.74) is 5.68. The molecular formula is C26H22N4O. The lowest BCUT2D eigenvalue weighted by Gasteiger charge is -2.22. The number of carbonyl (C=O) groups excluding carboxylic acids is 1. The molecule has 0 spiro atoms. The number of nitrogens with one attached hydrogen (secondary N) is 2. The highest BCUT2D eigenvalue weighted by atomic mass is 16.2. The van der Waals surface area contributed by atoms with E-state index in [1.807, 2.05) is 65.7 Å². The van der Waals surface area contributed by atoms with Crippen molar-refractivity contribution in [2.45, 2.75) is 19.4 Å². The summed E-state index contributed by atoms with van der Waals surface area (Å²) in [5, 5.41) is 14.4. The van der Waals surface area contributed by atoms with Gasteiger partial charge in [-0.05, 0) is 72.3 Å². The molecule has 5 heteroatoms. The molecule has 0 saturated heterocycles. The number of aromatic nitrogens is 1. The summed E-state index contributed by atoms with van der Waals surface area (Å²) >= 11 is 0. The molecule has 1 unspecified atom stereocenters. The number of amides is 1. The zero-order valence-corrected chi connectivity index (χ0v) is 17.2. The van der Waals surface area contributed by atoms with Gasteiger partial charge in [-0.2, -0.15) is 5.26 Å². The molecule has 1 atom stereocenters. The summed E-state index contributed by atoms with van der Waals surface area (Å²) < 4.78 is 0. The van der Waals surface area contributed by atoms with E-state index in [9.17, 15) is 10.1 Å². The number of hydrogen-bond acceptors (Lipinski definition) is 3. The topological polar surface area (TPSA) is 71.9 Å². The van der Waals surface area contributed by atoms with E-state index < -0.39 is 0 Å². The van der Waals surface area contributed by atoms with Gasteiger partial charge in [-0.15, -0.1) is 0 Å². The lowest BCUT2D eigenvalue weighted by molar-refractivity contribution is 0.0987. The summed E-state index contributed by atoms with van der Waals surface area (Å²) in [6.07, 6.45) is 2.75. The van der Waals surface area contributed by atoms with E-state index in [4.69, 9.17) is 0 Å². The Hall–Kier alpha value is -4.04. The molecule has 1 aliphatic heterocycles. The Bertz CT molecular complexity index is 1330. The highest BCUT2D eigenvalue weighted by molar-refractivity contribution is 6.08. The Morgan fingerprint density at radius 3 is 2.84 bits per heavy atom. The van der Waals surface area contributed by atoms with Crippen LogP contribution in [0, 0.1) is 11.3 Å². The Balaban J connectivity index is 1.52. The quantitative estimate of drug-likeness (QED) is 0.458. The Morgan fingerprint density at radius 2 is 1.97 bits per heavy atom. The van der Waals surface area contributed by atoms with Crippen LogP contribution in [-0.2, 0) is 0 Å². The van der Waals surface area contributed by atoms with E-state index >= 15 is 0 Å². The molecule has 5 nitrogen and oxygen atoms in total. The highest BCUT2D eigenvalue weighted by Crippen LogP contribution is 2.32. The minimum atomic E-state index is -0.0903. The van der Waals surface area contributed by atoms with Crippen LogP contribution in [0.15, 0.2) is 72.9 Å². The van der Waals surface area contributed by atoms with Crippen LogP contribution in [-0.4, -0.2) is 23.5 Å². The van der Waals surface area contributed by atoms with Crippen LogP contribution in [0.25, 0.3) is 22.0 Å². The summed E-state index contributed by atoms with van der Waals surface area (Å²) in [7, 11) is 0. The second-order valence-electron chi connectivity index (χ2n) is 7.96. The second kappa shape index (κ2) is 7.66. The summed E-state index contributed by atoms with van der Waals surface area (Å²) in [4.78, 5) is 18.5. The Kier molecular flexibility index (Phi) is 4.68. The van der Waals surface area contributed by atoms with Gasteiger partial charge in [0.15, 0.2) is 0 Å². The van der Waals surface area contributed by atoms with Gasteiger partial charge >= 0.3 is 0 Å². The number of carbonyl (C=O) groups is 1. The fourth-order valence-corrected chi connectivity index (χ4v) is 4.22. The molecule has 2 N–H and O–H groups in total. The predicted molar refractivity (Wildman–Crippen MR) is 124 cm³/mol. The maximum atomic E-state index is 13.5. The third-order valence-electron chi connectivity index (χ3n) is 5.88. The van der Waals surface area contributed by atoms with Crippen molar-refractivity contribution in [3.05, 3.63) is 84.1 Å². The van der Waals surface area contributed by atoms with Crippen molar-refractivity contribution in [2.75, 3.05) is 16.8 Å². The molecule has 5 rings (SSSR count). The number of fused-ring (bicyclic) bond motifs is 2. The van der Waals surface area contributed by atoms with Gasteiger partial charge in [0.25, 0.3) is 5.91 Å². The van der Waals surface area contributed by atoms with Crippen LogP contribution >= 0.6 is 0 Å². The lowest BCUT2D eigenvalue weighted by atomic mass is 9.97. The normalized spacial score (nSPS) is 15.6. The van der Waals surface area contributed by atoms with Crippen LogP contribution in [0.5, 0.6) is 0 Å². The van der Waals surface area contributed by atoms with Gasteiger partial charge in [-0.3, -0.25) is 4.79 Å². The number of nitrogens with zero attached hydrogens (tertiary/aromatic N) is 2. The first-order chi connectivity index (χ1) is 15.1. The molecule has 2 heterocycles. The molecule has 1 amide bonds. The van der Waals surface area contributed by atoms with Crippen LogP contribution in [0.2, 0.25) is 0 Å². The number of benzene rings is 3. The maximum Gasteiger partial charge on any atom is 0.258 e. The fraction of sp³-hybridized carbons (Fsp3) is 0.154. The van der Waals surface area contributed by atoms with Gasteiger partial charge in [0.1, 0.15) is 0 Å². The van der Waals surface area contributed by atoms with Crippen molar-refractivity contribution in [3.8, 4) is 17.2 Å². The standard InChI is InChI=1S/C26H22N4O/c1-17-11-13-30(25-5-3-2-4-24(25)29-17)26(31)20-6-8-22(21(15-20)16-27)18-7-9-23-19(14-18)10-12-28-23/h2-10,12,14-15,17,28-29H,11,13H2,1H3. The first-order valence-corrected chi connectivity index (χ1v) is 10.4. The van der Waals surface area contributed by atoms with Gasteiger partial charge in [0.2, 0.25) is 0 Å². The minimum Gasteiger partial charge on any atom is -0.381 e. The van der Waals surface area contributed by atoms with Crippen LogP contribution in [0.3, 0.4) is 0 Å². The first kappa shape index (κ1) is 19.0. The smallest absolute Gasteiger partial charge is 0.258 e. The third kappa shape index (κ3) is 3.43. The SMILES string of the molecule is CC1CCN(C(=O)c2ccc(-c3ccc4[nH]ccc4c3)c(C#N)c2)c2ccccc2N1. The summed E-state index contributed by atoms with van der Waals surface area (Å²) in [5.74, 6) is -0.0903. The van der Waals surface area contributed by atoms with E-state index in [-0.39, 0.29) is 11.9 Å². The molecule has 0 bridgehead atoms. The lowest BCUT2D eigenvalue weighted by Crippen LogP contribution is -2.32. The van der Waals surface area contributed by atoms with Crippen molar-refractivity contribution < 1.29 is 4.79 Å². The monoisotopic (exact) mass is 406 g/mol. The largest absolute Gasteiger partial charge is 0.381 e. The highest BCUT2D eigenvalue weighted by Gasteiger charge is 2.25. The van der Waals surface area contributed by atoms with Crippen LogP contribution in [0.1, 0.15) is 29.3 Å². The fourth-order valence-electron chi connectivity index (χ4n) is 4.22. The Morgan fingerprint density at radius 1 is 1.10 bits per heavy atom. The van der Waals surface area contributed by atoms with E-state index in [0.29, 0.717) is 17.7 Å². The zero-order valence-electron chi connectivity index (χ0n) is 17.2. The molecule has 0 saturated carbocycles. The molecule has 152 valence electrons. The molecular weight excluding hydrogens is 384 g/mol. The van der Waals surface area contributed by atoms with E-state index in [1.165, 1.54) is 0 Å². The number of rotatable bonds is 2. The van der Waals surface area contributed by atoms with Crippen molar-refractivity contribution in [1.29, 1.82) is 5.26 Å². The maximum absolute atomic E-state index is 13.5. The number of H-pyrrole nitrogens is 1. The van der Waals surface area contributed by atoms with Gasteiger partial charge in [0, 0.05) is 29.9 Å². The molecule has 1 aromatic heterocycles. The third-order valence-corrected chi connectivity index (χ3v) is 5.88. The van der Waals surface area contributed by atoms with Crippen LogP contribution < -0.4 is 10.2 Å². The average molecular weight is 406 g/mol. The molecule has 0 radical (unpaired) electrons. The molecule has 0 fully saturated rings. The van der Waals surface area contributed by atoms with E-state index in [1.54, 1.807) is 6.07 Å². The van der Waals surface area contributed by atoms with E-state index in [0.717, 1.165) is 39.8 Å². The molecule has 31 heavy (non-hydrogen) atoms. The van der Waals surface area contributed by atoms with Crippen molar-refractivity contribution in [2.24, 2.45) is 0 Å². The minimum absolute atomic E-state index is 0.0903. The van der Waals surface area contributed by atoms with Gasteiger partial charge in [0.05, 0.1) is 23.0 Å². The molecule has 0 aliphatic carbocycles.